The van der Waals surface area contributed by atoms with Gasteiger partial charge in [0.15, 0.2) is 0 Å². The van der Waals surface area contributed by atoms with E-state index in [0.717, 1.165) is 42.1 Å². The summed E-state index contributed by atoms with van der Waals surface area (Å²) in [6.07, 6.45) is 1.91. The molecular weight excluding hydrogens is 266 g/mol. The van der Waals surface area contributed by atoms with Crippen LogP contribution < -0.4 is 5.32 Å². The highest BCUT2D eigenvalue weighted by Crippen LogP contribution is 2.32. The Hall–Kier alpha value is -2.30. The second-order valence-corrected chi connectivity index (χ2v) is 5.51. The molecule has 1 unspecified atom stereocenters. The van der Waals surface area contributed by atoms with Crippen LogP contribution in [0.2, 0.25) is 0 Å². The lowest BCUT2D eigenvalue weighted by Crippen LogP contribution is -2.34. The third kappa shape index (κ3) is 2.91. The van der Waals surface area contributed by atoms with Crippen LogP contribution in [0.5, 0.6) is 0 Å². The van der Waals surface area contributed by atoms with Gasteiger partial charge in [0, 0.05) is 18.3 Å². The first-order valence-electron chi connectivity index (χ1n) is 7.21. The van der Waals surface area contributed by atoms with Gasteiger partial charge in [-0.3, -0.25) is 0 Å². The molecule has 1 N–H and O–H groups in total. The molecule has 1 aliphatic heterocycles. The standard InChI is InChI=1S/C16H19N3O2/c1-11-5-3-6-13(9-11)17-16(20)19-8-4-7-15(19)14-10-12(2)21-18-14/h3,5-6,9-10,15H,4,7-8H2,1-2H3,(H,17,20). The second-order valence-electron chi connectivity index (χ2n) is 5.51. The van der Waals surface area contributed by atoms with E-state index in [1.165, 1.54) is 0 Å². The Labute approximate surface area is 123 Å². The Morgan fingerprint density at radius 2 is 2.24 bits per heavy atom. The number of anilines is 1. The average molecular weight is 285 g/mol. The van der Waals surface area contributed by atoms with Crippen molar-refractivity contribution < 1.29 is 9.32 Å². The van der Waals surface area contributed by atoms with Gasteiger partial charge in [-0.2, -0.15) is 0 Å². The number of amides is 2. The fourth-order valence-electron chi connectivity index (χ4n) is 2.78. The number of aromatic nitrogens is 1. The summed E-state index contributed by atoms with van der Waals surface area (Å²) in [5.41, 5.74) is 2.78. The summed E-state index contributed by atoms with van der Waals surface area (Å²) in [6.45, 7) is 4.61. The minimum Gasteiger partial charge on any atom is -0.361 e. The number of likely N-dealkylation sites (tertiary alicyclic amines) is 1. The van der Waals surface area contributed by atoms with Crippen LogP contribution in [0.1, 0.15) is 35.9 Å². The Kier molecular flexibility index (Phi) is 3.64. The van der Waals surface area contributed by atoms with Gasteiger partial charge in [-0.15, -0.1) is 0 Å². The van der Waals surface area contributed by atoms with E-state index >= 15 is 0 Å². The summed E-state index contributed by atoms with van der Waals surface area (Å²) < 4.78 is 5.13. The van der Waals surface area contributed by atoms with Crippen molar-refractivity contribution in [2.45, 2.75) is 32.7 Å². The first kappa shape index (κ1) is 13.7. The van der Waals surface area contributed by atoms with Gasteiger partial charge in [-0.25, -0.2) is 4.79 Å². The van der Waals surface area contributed by atoms with Crippen molar-refractivity contribution in [3.8, 4) is 0 Å². The number of carbonyl (C=O) groups excluding carboxylic acids is 1. The molecule has 0 radical (unpaired) electrons. The maximum Gasteiger partial charge on any atom is 0.322 e. The summed E-state index contributed by atoms with van der Waals surface area (Å²) >= 11 is 0. The molecule has 1 atom stereocenters. The number of benzene rings is 1. The fourth-order valence-corrected chi connectivity index (χ4v) is 2.78. The van der Waals surface area contributed by atoms with Gasteiger partial charge in [0.25, 0.3) is 0 Å². The van der Waals surface area contributed by atoms with Gasteiger partial charge in [0.05, 0.1) is 6.04 Å². The van der Waals surface area contributed by atoms with Crippen molar-refractivity contribution >= 4 is 11.7 Å². The third-order valence-electron chi connectivity index (χ3n) is 3.77. The summed E-state index contributed by atoms with van der Waals surface area (Å²) in [4.78, 5) is 14.3. The molecule has 0 bridgehead atoms. The van der Waals surface area contributed by atoms with E-state index < -0.39 is 0 Å². The van der Waals surface area contributed by atoms with E-state index in [0.29, 0.717) is 0 Å². The molecule has 21 heavy (non-hydrogen) atoms. The Balaban J connectivity index is 1.74. The van der Waals surface area contributed by atoms with Gasteiger partial charge in [-0.05, 0) is 44.4 Å². The molecule has 2 heterocycles. The van der Waals surface area contributed by atoms with E-state index in [-0.39, 0.29) is 12.1 Å². The number of rotatable bonds is 2. The molecule has 1 aromatic carbocycles. The molecule has 1 fully saturated rings. The molecule has 0 spiro atoms. The summed E-state index contributed by atoms with van der Waals surface area (Å²) in [5.74, 6) is 0.774. The van der Waals surface area contributed by atoms with Crippen LogP contribution in [0.3, 0.4) is 0 Å². The molecule has 2 aromatic rings. The fraction of sp³-hybridized carbons (Fsp3) is 0.375. The SMILES string of the molecule is Cc1cccc(NC(=O)N2CCCC2c2cc(C)on2)c1. The van der Waals surface area contributed by atoms with E-state index in [1.807, 2.05) is 49.1 Å². The highest BCUT2D eigenvalue weighted by molar-refractivity contribution is 5.89. The first-order valence-corrected chi connectivity index (χ1v) is 7.21. The number of hydrogen-bond acceptors (Lipinski definition) is 3. The minimum absolute atomic E-state index is 0.00672. The number of nitrogens with zero attached hydrogens (tertiary/aromatic N) is 2. The van der Waals surface area contributed by atoms with Crippen LogP contribution in [0.25, 0.3) is 0 Å². The van der Waals surface area contributed by atoms with Gasteiger partial charge in [0.1, 0.15) is 11.5 Å². The minimum atomic E-state index is -0.0799. The summed E-state index contributed by atoms with van der Waals surface area (Å²) in [6, 6.07) is 9.64. The zero-order chi connectivity index (χ0) is 14.8. The number of hydrogen-bond donors (Lipinski definition) is 1. The highest BCUT2D eigenvalue weighted by Gasteiger charge is 2.32. The monoisotopic (exact) mass is 285 g/mol. The van der Waals surface area contributed by atoms with Crippen molar-refractivity contribution in [2.24, 2.45) is 0 Å². The second kappa shape index (κ2) is 5.60. The highest BCUT2D eigenvalue weighted by atomic mass is 16.5. The van der Waals surface area contributed by atoms with E-state index in [4.69, 9.17) is 4.52 Å². The molecular formula is C16H19N3O2. The van der Waals surface area contributed by atoms with Gasteiger partial charge >= 0.3 is 6.03 Å². The van der Waals surface area contributed by atoms with E-state index in [2.05, 4.69) is 10.5 Å². The maximum absolute atomic E-state index is 12.5. The molecule has 110 valence electrons. The topological polar surface area (TPSA) is 58.4 Å². The lowest BCUT2D eigenvalue weighted by Gasteiger charge is -2.23. The Morgan fingerprint density at radius 3 is 2.95 bits per heavy atom. The lowest BCUT2D eigenvalue weighted by molar-refractivity contribution is 0.204. The maximum atomic E-state index is 12.5. The van der Waals surface area contributed by atoms with Gasteiger partial charge < -0.3 is 14.7 Å². The van der Waals surface area contributed by atoms with Crippen LogP contribution in [0.4, 0.5) is 10.5 Å². The molecule has 0 aliphatic carbocycles. The van der Waals surface area contributed by atoms with Crippen molar-refractivity contribution in [2.75, 3.05) is 11.9 Å². The molecule has 1 saturated heterocycles. The zero-order valence-electron chi connectivity index (χ0n) is 12.3. The largest absolute Gasteiger partial charge is 0.361 e. The molecule has 5 nitrogen and oxygen atoms in total. The quantitative estimate of drug-likeness (QED) is 0.916. The normalized spacial score (nSPS) is 18.0. The van der Waals surface area contributed by atoms with Crippen LogP contribution in [-0.4, -0.2) is 22.6 Å². The van der Waals surface area contributed by atoms with Crippen molar-refractivity contribution in [1.29, 1.82) is 0 Å². The Morgan fingerprint density at radius 1 is 1.38 bits per heavy atom. The van der Waals surface area contributed by atoms with Gasteiger partial charge in [-0.1, -0.05) is 17.3 Å². The van der Waals surface area contributed by atoms with Gasteiger partial charge in [0.2, 0.25) is 0 Å². The average Bonchev–Trinajstić information content (AvgIpc) is 3.06. The smallest absolute Gasteiger partial charge is 0.322 e. The van der Waals surface area contributed by atoms with Crippen molar-refractivity contribution in [3.05, 3.63) is 47.3 Å². The molecule has 1 aromatic heterocycles. The Bertz CT molecular complexity index is 650. The molecule has 1 aliphatic rings. The number of aryl methyl sites for hydroxylation is 2. The van der Waals surface area contributed by atoms with Crippen LogP contribution in [0, 0.1) is 13.8 Å². The van der Waals surface area contributed by atoms with Crippen molar-refractivity contribution in [3.63, 3.8) is 0 Å². The molecule has 3 rings (SSSR count). The van der Waals surface area contributed by atoms with E-state index in [1.54, 1.807) is 0 Å². The van der Waals surface area contributed by atoms with Crippen LogP contribution in [-0.2, 0) is 0 Å². The van der Waals surface area contributed by atoms with Crippen molar-refractivity contribution in [1.82, 2.24) is 10.1 Å². The van der Waals surface area contributed by atoms with Crippen LogP contribution in [0.15, 0.2) is 34.9 Å². The van der Waals surface area contributed by atoms with E-state index in [9.17, 15) is 4.79 Å². The first-order chi connectivity index (χ1) is 10.1. The van der Waals surface area contributed by atoms with Crippen LogP contribution >= 0.6 is 0 Å². The summed E-state index contributed by atoms with van der Waals surface area (Å²) in [7, 11) is 0. The summed E-state index contributed by atoms with van der Waals surface area (Å²) in [5, 5.41) is 7.01. The molecule has 0 saturated carbocycles. The third-order valence-corrected chi connectivity index (χ3v) is 3.77. The molecule has 5 heteroatoms. The molecule has 2 amide bonds. The lowest BCUT2D eigenvalue weighted by atomic mass is 10.1. The predicted octanol–water partition coefficient (Wildman–Crippen LogP) is 3.66. The number of nitrogens with one attached hydrogen (secondary N) is 1. The predicted molar refractivity (Wildman–Crippen MR) is 80.1 cm³/mol. The zero-order valence-corrected chi connectivity index (χ0v) is 12.3. The number of urea groups is 1. The number of carbonyl (C=O) groups is 1.